The molecule has 1 heterocycles. The summed E-state index contributed by atoms with van der Waals surface area (Å²) in [4.78, 5) is 11.9. The standard InChI is InChI=1S/C12H14N6OS/c1-2-8-18-11(15-16-17-18)14-12(20)13-10(19)9-6-4-3-5-7-9/h3-7H,2,8H2,1H3,(H2,13,14,15,17,19,20). The average Bonchev–Trinajstić information content (AvgIpc) is 2.87. The Hall–Kier alpha value is -2.35. The first-order chi connectivity index (χ1) is 9.70. The largest absolute Gasteiger partial charge is 0.300 e. The van der Waals surface area contributed by atoms with Crippen LogP contribution in [0.25, 0.3) is 0 Å². The molecule has 1 amide bonds. The molecule has 0 saturated heterocycles. The maximum absolute atomic E-state index is 11.9. The number of aryl methyl sites for hydroxylation is 1. The number of amides is 1. The number of rotatable bonds is 4. The van der Waals surface area contributed by atoms with E-state index in [9.17, 15) is 4.79 Å². The third kappa shape index (κ3) is 3.58. The van der Waals surface area contributed by atoms with Gasteiger partial charge in [0.1, 0.15) is 0 Å². The Morgan fingerprint density at radius 1 is 1.35 bits per heavy atom. The second-order valence-electron chi connectivity index (χ2n) is 4.00. The predicted molar refractivity (Wildman–Crippen MR) is 78.2 cm³/mol. The Kier molecular flexibility index (Phi) is 4.72. The number of thiocarbonyl (C=S) groups is 1. The lowest BCUT2D eigenvalue weighted by Gasteiger charge is -2.08. The molecule has 0 unspecified atom stereocenters. The lowest BCUT2D eigenvalue weighted by atomic mass is 10.2. The summed E-state index contributed by atoms with van der Waals surface area (Å²) in [5.74, 6) is 0.128. The molecular formula is C12H14N6OS. The number of carbonyl (C=O) groups is 1. The lowest BCUT2D eigenvalue weighted by molar-refractivity contribution is 0.0977. The van der Waals surface area contributed by atoms with Crippen LogP contribution in [0.15, 0.2) is 30.3 Å². The number of nitrogens with zero attached hydrogens (tertiary/aromatic N) is 4. The molecular weight excluding hydrogens is 276 g/mol. The predicted octanol–water partition coefficient (Wildman–Crippen LogP) is 1.21. The van der Waals surface area contributed by atoms with Crippen molar-refractivity contribution in [2.75, 3.05) is 5.32 Å². The Bertz CT molecular complexity index is 597. The van der Waals surface area contributed by atoms with Gasteiger partial charge in [-0.3, -0.25) is 15.4 Å². The minimum Gasteiger partial charge on any atom is -0.300 e. The van der Waals surface area contributed by atoms with Crippen LogP contribution in [-0.4, -0.2) is 31.2 Å². The van der Waals surface area contributed by atoms with Crippen molar-refractivity contribution in [2.24, 2.45) is 0 Å². The molecule has 1 aromatic carbocycles. The topological polar surface area (TPSA) is 84.7 Å². The van der Waals surface area contributed by atoms with E-state index >= 15 is 0 Å². The van der Waals surface area contributed by atoms with Crippen LogP contribution in [0.5, 0.6) is 0 Å². The van der Waals surface area contributed by atoms with Crippen molar-refractivity contribution in [3.8, 4) is 0 Å². The van der Waals surface area contributed by atoms with Crippen LogP contribution in [0.2, 0.25) is 0 Å². The van der Waals surface area contributed by atoms with Crippen molar-refractivity contribution in [1.29, 1.82) is 0 Å². The maximum Gasteiger partial charge on any atom is 0.257 e. The maximum atomic E-state index is 11.9. The van der Waals surface area contributed by atoms with E-state index in [-0.39, 0.29) is 11.0 Å². The van der Waals surface area contributed by atoms with Gasteiger partial charge in [-0.05, 0) is 41.2 Å². The van der Waals surface area contributed by atoms with Gasteiger partial charge in [0.25, 0.3) is 5.91 Å². The smallest absolute Gasteiger partial charge is 0.257 e. The third-order valence-electron chi connectivity index (χ3n) is 2.46. The zero-order valence-corrected chi connectivity index (χ0v) is 11.7. The molecule has 1 aromatic heterocycles. The molecule has 7 nitrogen and oxygen atoms in total. The highest BCUT2D eigenvalue weighted by atomic mass is 32.1. The number of aromatic nitrogens is 4. The molecule has 20 heavy (non-hydrogen) atoms. The van der Waals surface area contributed by atoms with E-state index in [1.807, 2.05) is 13.0 Å². The van der Waals surface area contributed by atoms with E-state index in [0.29, 0.717) is 18.1 Å². The van der Waals surface area contributed by atoms with Crippen molar-refractivity contribution in [3.05, 3.63) is 35.9 Å². The number of hydrogen-bond acceptors (Lipinski definition) is 5. The molecule has 0 spiro atoms. The fourth-order valence-electron chi connectivity index (χ4n) is 1.55. The number of carbonyl (C=O) groups excluding carboxylic acids is 1. The van der Waals surface area contributed by atoms with Crippen LogP contribution in [0.4, 0.5) is 5.95 Å². The summed E-state index contributed by atoms with van der Waals surface area (Å²) >= 11 is 5.07. The lowest BCUT2D eigenvalue weighted by Crippen LogP contribution is -2.35. The molecule has 8 heteroatoms. The molecule has 0 aliphatic heterocycles. The van der Waals surface area contributed by atoms with Crippen LogP contribution < -0.4 is 10.6 Å². The Labute approximate surface area is 121 Å². The van der Waals surface area contributed by atoms with Crippen molar-refractivity contribution in [2.45, 2.75) is 19.9 Å². The first-order valence-electron chi connectivity index (χ1n) is 6.14. The van der Waals surface area contributed by atoms with E-state index in [2.05, 4.69) is 26.2 Å². The highest BCUT2D eigenvalue weighted by molar-refractivity contribution is 7.80. The molecule has 0 fully saturated rings. The summed E-state index contributed by atoms with van der Waals surface area (Å²) in [5, 5.41) is 16.7. The van der Waals surface area contributed by atoms with Crippen LogP contribution >= 0.6 is 12.2 Å². The molecule has 0 saturated carbocycles. The molecule has 2 N–H and O–H groups in total. The Balaban J connectivity index is 1.96. The number of hydrogen-bond donors (Lipinski definition) is 2. The molecule has 0 aliphatic carbocycles. The molecule has 0 bridgehead atoms. The van der Waals surface area contributed by atoms with Gasteiger partial charge in [0, 0.05) is 12.1 Å². The van der Waals surface area contributed by atoms with E-state index < -0.39 is 0 Å². The first kappa shape index (κ1) is 14.1. The fourth-order valence-corrected chi connectivity index (χ4v) is 1.74. The average molecular weight is 290 g/mol. The minimum atomic E-state index is -0.280. The van der Waals surface area contributed by atoms with Crippen molar-refractivity contribution in [1.82, 2.24) is 25.5 Å². The molecule has 2 rings (SSSR count). The highest BCUT2D eigenvalue weighted by Crippen LogP contribution is 2.01. The number of anilines is 1. The van der Waals surface area contributed by atoms with Gasteiger partial charge in [-0.15, -0.1) is 0 Å². The normalized spacial score (nSPS) is 10.1. The summed E-state index contributed by atoms with van der Waals surface area (Å²) in [6.45, 7) is 2.69. The van der Waals surface area contributed by atoms with E-state index in [1.165, 1.54) is 0 Å². The van der Waals surface area contributed by atoms with Gasteiger partial charge in [-0.1, -0.05) is 30.2 Å². The number of nitrogens with one attached hydrogen (secondary N) is 2. The second kappa shape index (κ2) is 6.71. The summed E-state index contributed by atoms with van der Waals surface area (Å²) in [7, 11) is 0. The summed E-state index contributed by atoms with van der Waals surface area (Å²) in [6.07, 6.45) is 0.892. The van der Waals surface area contributed by atoms with Crippen LogP contribution in [0.3, 0.4) is 0 Å². The van der Waals surface area contributed by atoms with E-state index in [4.69, 9.17) is 12.2 Å². The van der Waals surface area contributed by atoms with E-state index in [1.54, 1.807) is 28.9 Å². The monoisotopic (exact) mass is 290 g/mol. The fraction of sp³-hybridized carbons (Fsp3) is 0.250. The SMILES string of the molecule is CCCn1nnnc1NC(=S)NC(=O)c1ccccc1. The van der Waals surface area contributed by atoms with Gasteiger partial charge in [0.05, 0.1) is 0 Å². The van der Waals surface area contributed by atoms with Crippen molar-refractivity contribution >= 4 is 29.2 Å². The number of tetrazole rings is 1. The highest BCUT2D eigenvalue weighted by Gasteiger charge is 2.10. The van der Waals surface area contributed by atoms with Gasteiger partial charge in [0.15, 0.2) is 5.11 Å². The quantitative estimate of drug-likeness (QED) is 0.823. The number of benzene rings is 1. The summed E-state index contributed by atoms with van der Waals surface area (Å²) < 4.78 is 1.58. The van der Waals surface area contributed by atoms with Crippen molar-refractivity contribution in [3.63, 3.8) is 0 Å². The van der Waals surface area contributed by atoms with E-state index in [0.717, 1.165) is 6.42 Å². The van der Waals surface area contributed by atoms with Gasteiger partial charge in [0.2, 0.25) is 5.95 Å². The Morgan fingerprint density at radius 2 is 2.10 bits per heavy atom. The van der Waals surface area contributed by atoms with Gasteiger partial charge in [-0.25, -0.2) is 4.68 Å². The van der Waals surface area contributed by atoms with Gasteiger partial charge in [-0.2, -0.15) is 0 Å². The molecule has 104 valence electrons. The molecule has 0 atom stereocenters. The van der Waals surface area contributed by atoms with Crippen LogP contribution in [0.1, 0.15) is 23.7 Å². The van der Waals surface area contributed by atoms with Crippen LogP contribution in [0, 0.1) is 0 Å². The zero-order chi connectivity index (χ0) is 14.4. The molecule has 0 radical (unpaired) electrons. The van der Waals surface area contributed by atoms with Gasteiger partial charge >= 0.3 is 0 Å². The zero-order valence-electron chi connectivity index (χ0n) is 10.9. The second-order valence-corrected chi connectivity index (χ2v) is 4.41. The summed E-state index contributed by atoms with van der Waals surface area (Å²) in [5.41, 5.74) is 0.532. The van der Waals surface area contributed by atoms with Crippen molar-refractivity contribution < 1.29 is 4.79 Å². The molecule has 0 aliphatic rings. The Morgan fingerprint density at radius 3 is 2.80 bits per heavy atom. The first-order valence-corrected chi connectivity index (χ1v) is 6.55. The third-order valence-corrected chi connectivity index (χ3v) is 2.66. The molecule has 2 aromatic rings. The summed E-state index contributed by atoms with van der Waals surface area (Å²) in [6, 6.07) is 8.82. The van der Waals surface area contributed by atoms with Crippen LogP contribution in [-0.2, 0) is 6.54 Å². The minimum absolute atomic E-state index is 0.158. The van der Waals surface area contributed by atoms with Gasteiger partial charge < -0.3 is 0 Å².